The molecule has 0 heterocycles. The van der Waals surface area contributed by atoms with Crippen molar-refractivity contribution in [3.63, 3.8) is 0 Å². The van der Waals surface area contributed by atoms with Gasteiger partial charge in [-0.2, -0.15) is 0 Å². The molecule has 0 fully saturated rings. The Labute approximate surface area is 135 Å². The summed E-state index contributed by atoms with van der Waals surface area (Å²) < 4.78 is 15.6. The second-order valence-electron chi connectivity index (χ2n) is 5.09. The van der Waals surface area contributed by atoms with Gasteiger partial charge in [-0.15, -0.1) is 0 Å². The van der Waals surface area contributed by atoms with Gasteiger partial charge in [0, 0.05) is 5.56 Å². The molecule has 1 rings (SSSR count). The topological polar surface area (TPSA) is 94.1 Å². The molecule has 0 bridgehead atoms. The van der Waals surface area contributed by atoms with Crippen molar-refractivity contribution in [2.75, 3.05) is 21.3 Å². The fourth-order valence-electron chi connectivity index (χ4n) is 2.12. The number of hydrogen-bond donors (Lipinski definition) is 2. The quantitative estimate of drug-likeness (QED) is 0.758. The van der Waals surface area contributed by atoms with Gasteiger partial charge >= 0.3 is 5.97 Å². The van der Waals surface area contributed by atoms with Gasteiger partial charge in [0.15, 0.2) is 11.5 Å². The van der Waals surface area contributed by atoms with Gasteiger partial charge in [0.25, 0.3) is 5.91 Å². The van der Waals surface area contributed by atoms with E-state index in [1.165, 1.54) is 33.5 Å². The van der Waals surface area contributed by atoms with Crippen LogP contribution >= 0.6 is 0 Å². The third kappa shape index (κ3) is 4.28. The first-order chi connectivity index (χ1) is 10.9. The van der Waals surface area contributed by atoms with Crippen LogP contribution in [0.1, 0.15) is 30.6 Å². The van der Waals surface area contributed by atoms with Crippen molar-refractivity contribution >= 4 is 11.9 Å². The molecule has 1 aromatic carbocycles. The normalized spacial score (nSPS) is 12.9. The third-order valence-corrected chi connectivity index (χ3v) is 3.69. The Morgan fingerprint density at radius 2 is 1.65 bits per heavy atom. The molecule has 0 aliphatic carbocycles. The minimum atomic E-state index is -1.07. The predicted molar refractivity (Wildman–Crippen MR) is 84.4 cm³/mol. The van der Waals surface area contributed by atoms with Crippen molar-refractivity contribution in [2.24, 2.45) is 5.92 Å². The van der Waals surface area contributed by atoms with Crippen molar-refractivity contribution in [1.29, 1.82) is 0 Å². The fourth-order valence-corrected chi connectivity index (χ4v) is 2.12. The van der Waals surface area contributed by atoms with Gasteiger partial charge in [0.1, 0.15) is 6.04 Å². The van der Waals surface area contributed by atoms with Crippen LogP contribution in [0, 0.1) is 5.92 Å². The number of carbonyl (C=O) groups excluding carboxylic acids is 1. The number of amides is 1. The van der Waals surface area contributed by atoms with Crippen LogP contribution in [0.25, 0.3) is 0 Å². The molecule has 0 saturated carbocycles. The Morgan fingerprint density at radius 1 is 1.13 bits per heavy atom. The molecular formula is C16H23NO6. The maximum atomic E-state index is 12.4. The molecule has 1 amide bonds. The molecule has 128 valence electrons. The molecular weight excluding hydrogens is 302 g/mol. The summed E-state index contributed by atoms with van der Waals surface area (Å²) in [7, 11) is 4.35. The van der Waals surface area contributed by atoms with Crippen LogP contribution in [0.5, 0.6) is 17.2 Å². The van der Waals surface area contributed by atoms with Crippen LogP contribution < -0.4 is 19.5 Å². The average Bonchev–Trinajstić information content (AvgIpc) is 2.56. The monoisotopic (exact) mass is 325 g/mol. The van der Waals surface area contributed by atoms with E-state index in [-0.39, 0.29) is 11.5 Å². The number of benzene rings is 1. The van der Waals surface area contributed by atoms with E-state index in [0.29, 0.717) is 23.7 Å². The lowest BCUT2D eigenvalue weighted by molar-refractivity contribution is -0.140. The fraction of sp³-hybridized carbons (Fsp3) is 0.500. The number of carboxylic acid groups (broad SMARTS) is 1. The average molecular weight is 325 g/mol. The molecule has 0 aromatic heterocycles. The Kier molecular flexibility index (Phi) is 6.68. The van der Waals surface area contributed by atoms with Crippen LogP contribution in [-0.4, -0.2) is 44.4 Å². The Hall–Kier alpha value is -2.44. The molecule has 23 heavy (non-hydrogen) atoms. The van der Waals surface area contributed by atoms with Crippen molar-refractivity contribution in [1.82, 2.24) is 5.32 Å². The Balaban J connectivity index is 3.14. The SMILES string of the molecule is CCC(C)C(NC(=O)c1cc(OC)c(OC)c(OC)c1)C(=O)O. The van der Waals surface area contributed by atoms with Gasteiger partial charge in [0.2, 0.25) is 5.75 Å². The smallest absolute Gasteiger partial charge is 0.326 e. The second-order valence-corrected chi connectivity index (χ2v) is 5.09. The standard InChI is InChI=1S/C16H23NO6/c1-6-9(2)13(16(19)20)17-15(18)10-7-11(21-3)14(23-5)12(8-10)22-4/h7-9,13H,6H2,1-5H3,(H,17,18)(H,19,20). The lowest BCUT2D eigenvalue weighted by Gasteiger charge is -2.21. The Bertz CT molecular complexity index is 547. The highest BCUT2D eigenvalue weighted by Gasteiger charge is 2.26. The number of hydrogen-bond acceptors (Lipinski definition) is 5. The molecule has 0 saturated heterocycles. The minimum Gasteiger partial charge on any atom is -0.493 e. The number of aliphatic carboxylic acids is 1. The van der Waals surface area contributed by atoms with Crippen molar-refractivity contribution in [3.05, 3.63) is 17.7 Å². The van der Waals surface area contributed by atoms with Crippen LogP contribution in [0.3, 0.4) is 0 Å². The van der Waals surface area contributed by atoms with Gasteiger partial charge in [-0.3, -0.25) is 4.79 Å². The van der Waals surface area contributed by atoms with Crippen LogP contribution in [-0.2, 0) is 4.79 Å². The molecule has 7 nitrogen and oxygen atoms in total. The molecule has 0 spiro atoms. The van der Waals surface area contributed by atoms with E-state index in [1.807, 2.05) is 6.92 Å². The zero-order chi connectivity index (χ0) is 17.6. The zero-order valence-electron chi connectivity index (χ0n) is 14.0. The maximum Gasteiger partial charge on any atom is 0.326 e. The first kappa shape index (κ1) is 18.6. The van der Waals surface area contributed by atoms with Gasteiger partial charge in [-0.1, -0.05) is 20.3 Å². The van der Waals surface area contributed by atoms with E-state index in [9.17, 15) is 14.7 Å². The minimum absolute atomic E-state index is 0.196. The first-order valence-electron chi connectivity index (χ1n) is 7.23. The summed E-state index contributed by atoms with van der Waals surface area (Å²) in [6.07, 6.45) is 0.631. The number of ether oxygens (including phenoxy) is 3. The zero-order valence-corrected chi connectivity index (χ0v) is 14.0. The van der Waals surface area contributed by atoms with Crippen LogP contribution in [0.2, 0.25) is 0 Å². The van der Waals surface area contributed by atoms with E-state index >= 15 is 0 Å². The highest BCUT2D eigenvalue weighted by Crippen LogP contribution is 2.38. The summed E-state index contributed by atoms with van der Waals surface area (Å²) >= 11 is 0. The lowest BCUT2D eigenvalue weighted by atomic mass is 9.99. The number of methoxy groups -OCH3 is 3. The van der Waals surface area contributed by atoms with E-state index in [1.54, 1.807) is 6.92 Å². The van der Waals surface area contributed by atoms with E-state index in [0.717, 1.165) is 0 Å². The molecule has 2 N–H and O–H groups in total. The van der Waals surface area contributed by atoms with E-state index < -0.39 is 17.9 Å². The summed E-state index contributed by atoms with van der Waals surface area (Å²) in [4.78, 5) is 23.7. The molecule has 0 radical (unpaired) electrons. The summed E-state index contributed by atoms with van der Waals surface area (Å²) in [6, 6.07) is 1.99. The summed E-state index contributed by atoms with van der Waals surface area (Å²) in [5.41, 5.74) is 0.231. The van der Waals surface area contributed by atoms with Gasteiger partial charge in [-0.05, 0) is 18.1 Å². The van der Waals surface area contributed by atoms with E-state index in [2.05, 4.69) is 5.32 Å². The number of carboxylic acids is 1. The summed E-state index contributed by atoms with van der Waals surface area (Å²) in [6.45, 7) is 3.64. The summed E-state index contributed by atoms with van der Waals surface area (Å²) in [5.74, 6) is -0.765. The molecule has 1 aromatic rings. The highest BCUT2D eigenvalue weighted by atomic mass is 16.5. The number of carbonyl (C=O) groups is 2. The predicted octanol–water partition coefficient (Wildman–Crippen LogP) is 1.94. The number of nitrogens with one attached hydrogen (secondary N) is 1. The van der Waals surface area contributed by atoms with Crippen molar-refractivity contribution in [2.45, 2.75) is 26.3 Å². The van der Waals surface area contributed by atoms with Gasteiger partial charge < -0.3 is 24.6 Å². The molecule has 2 unspecified atom stereocenters. The van der Waals surface area contributed by atoms with Crippen molar-refractivity contribution < 1.29 is 28.9 Å². The van der Waals surface area contributed by atoms with Gasteiger partial charge in [0.05, 0.1) is 21.3 Å². The molecule has 0 aliphatic heterocycles. The third-order valence-electron chi connectivity index (χ3n) is 3.69. The second kappa shape index (κ2) is 8.26. The van der Waals surface area contributed by atoms with E-state index in [4.69, 9.17) is 14.2 Å². The Morgan fingerprint density at radius 3 is 2.00 bits per heavy atom. The first-order valence-corrected chi connectivity index (χ1v) is 7.23. The molecule has 7 heteroatoms. The van der Waals surface area contributed by atoms with Crippen molar-refractivity contribution in [3.8, 4) is 17.2 Å². The lowest BCUT2D eigenvalue weighted by Crippen LogP contribution is -2.45. The maximum absolute atomic E-state index is 12.4. The van der Waals surface area contributed by atoms with Crippen LogP contribution in [0.15, 0.2) is 12.1 Å². The largest absolute Gasteiger partial charge is 0.493 e. The molecule has 2 atom stereocenters. The molecule has 0 aliphatic rings. The summed E-state index contributed by atoms with van der Waals surface area (Å²) in [5, 5.41) is 11.8. The number of rotatable bonds is 8. The van der Waals surface area contributed by atoms with Gasteiger partial charge in [-0.25, -0.2) is 4.79 Å². The van der Waals surface area contributed by atoms with Crippen LogP contribution in [0.4, 0.5) is 0 Å². The highest BCUT2D eigenvalue weighted by molar-refractivity contribution is 5.97.